The van der Waals surface area contributed by atoms with Crippen molar-refractivity contribution in [2.24, 2.45) is 0 Å². The number of hydrogen-bond acceptors (Lipinski definition) is 3. The molecule has 0 radical (unpaired) electrons. The standard InChI is InChI=1S/C26H24ClNO3/c1-16-7-5-9-22(27)20(16)15-21-24-17(2)8-6-10-23(24)28(26(21,3)31-4)19-13-11-18(12-14-19)25(29)30/h5-15H,1-4H3,(H,29,30)/b21-15-. The van der Waals surface area contributed by atoms with Crippen molar-refractivity contribution in [3.63, 3.8) is 0 Å². The Balaban J connectivity index is 1.98. The minimum absolute atomic E-state index is 0.244. The van der Waals surface area contributed by atoms with Gasteiger partial charge in [-0.15, -0.1) is 0 Å². The maximum absolute atomic E-state index is 11.3. The van der Waals surface area contributed by atoms with Crippen molar-refractivity contribution in [3.8, 4) is 0 Å². The maximum Gasteiger partial charge on any atom is 0.335 e. The first-order chi connectivity index (χ1) is 14.8. The first-order valence-electron chi connectivity index (χ1n) is 10.0. The topological polar surface area (TPSA) is 49.8 Å². The van der Waals surface area contributed by atoms with Crippen LogP contribution in [0.4, 0.5) is 11.4 Å². The molecule has 0 aliphatic carbocycles. The lowest BCUT2D eigenvalue weighted by atomic mass is 9.93. The van der Waals surface area contributed by atoms with Gasteiger partial charge in [0.25, 0.3) is 0 Å². The molecule has 4 nitrogen and oxygen atoms in total. The smallest absolute Gasteiger partial charge is 0.335 e. The first kappa shape index (κ1) is 21.2. The van der Waals surface area contributed by atoms with E-state index >= 15 is 0 Å². The molecule has 4 rings (SSSR count). The maximum atomic E-state index is 11.3. The van der Waals surface area contributed by atoms with E-state index in [9.17, 15) is 9.90 Å². The summed E-state index contributed by atoms with van der Waals surface area (Å²) in [5.74, 6) is -0.950. The highest BCUT2D eigenvalue weighted by molar-refractivity contribution is 6.32. The molecule has 3 aromatic rings. The highest BCUT2D eigenvalue weighted by Gasteiger charge is 2.46. The number of carboxylic acids is 1. The van der Waals surface area contributed by atoms with Crippen molar-refractivity contribution in [2.75, 3.05) is 12.0 Å². The fourth-order valence-electron chi connectivity index (χ4n) is 4.29. The Hall–Kier alpha value is -3.08. The van der Waals surface area contributed by atoms with Crippen LogP contribution in [0.5, 0.6) is 0 Å². The second-order valence-corrected chi connectivity index (χ2v) is 8.28. The number of ether oxygens (including phenoxy) is 1. The van der Waals surface area contributed by atoms with E-state index in [-0.39, 0.29) is 5.56 Å². The Morgan fingerprint density at radius 3 is 2.29 bits per heavy atom. The molecule has 158 valence electrons. The normalized spacial score (nSPS) is 19.0. The molecule has 3 aromatic carbocycles. The molecule has 1 heterocycles. The molecule has 1 unspecified atom stereocenters. The van der Waals surface area contributed by atoms with Gasteiger partial charge in [0.1, 0.15) is 0 Å². The number of carbonyl (C=O) groups is 1. The summed E-state index contributed by atoms with van der Waals surface area (Å²) >= 11 is 6.56. The quantitative estimate of drug-likeness (QED) is 0.496. The average Bonchev–Trinajstić information content (AvgIpc) is 3.00. The zero-order valence-corrected chi connectivity index (χ0v) is 18.7. The van der Waals surface area contributed by atoms with E-state index in [1.807, 2.05) is 50.2 Å². The molecule has 0 aromatic heterocycles. The number of carboxylic acid groups (broad SMARTS) is 1. The van der Waals surface area contributed by atoms with E-state index in [0.717, 1.165) is 39.2 Å². The number of methoxy groups -OCH3 is 1. The monoisotopic (exact) mass is 433 g/mol. The molecule has 0 saturated carbocycles. The van der Waals surface area contributed by atoms with Gasteiger partial charge in [0, 0.05) is 29.0 Å². The molecule has 1 atom stereocenters. The molecule has 0 saturated heterocycles. The van der Waals surface area contributed by atoms with Crippen molar-refractivity contribution in [2.45, 2.75) is 26.5 Å². The van der Waals surface area contributed by atoms with Crippen LogP contribution in [0.1, 0.15) is 39.5 Å². The van der Waals surface area contributed by atoms with Crippen molar-refractivity contribution in [1.29, 1.82) is 0 Å². The van der Waals surface area contributed by atoms with Gasteiger partial charge in [-0.05, 0) is 79.9 Å². The van der Waals surface area contributed by atoms with Gasteiger partial charge < -0.3 is 14.7 Å². The number of hydrogen-bond donors (Lipinski definition) is 1. The summed E-state index contributed by atoms with van der Waals surface area (Å²) in [6.45, 7) is 6.15. The zero-order valence-electron chi connectivity index (χ0n) is 17.9. The third kappa shape index (κ3) is 3.42. The summed E-state index contributed by atoms with van der Waals surface area (Å²) in [6.07, 6.45) is 2.11. The van der Waals surface area contributed by atoms with E-state index in [4.69, 9.17) is 16.3 Å². The largest absolute Gasteiger partial charge is 0.478 e. The first-order valence-corrected chi connectivity index (χ1v) is 10.4. The van der Waals surface area contributed by atoms with Crippen LogP contribution in [0.3, 0.4) is 0 Å². The van der Waals surface area contributed by atoms with Gasteiger partial charge >= 0.3 is 5.97 Å². The van der Waals surface area contributed by atoms with Crippen LogP contribution in [0, 0.1) is 13.8 Å². The average molecular weight is 434 g/mol. The fraction of sp³-hybridized carbons (Fsp3) is 0.192. The lowest BCUT2D eigenvalue weighted by Gasteiger charge is -2.37. The number of nitrogens with zero attached hydrogens (tertiary/aromatic N) is 1. The van der Waals surface area contributed by atoms with Gasteiger partial charge in [0.2, 0.25) is 0 Å². The molecule has 1 aliphatic heterocycles. The number of aryl methyl sites for hydroxylation is 2. The summed E-state index contributed by atoms with van der Waals surface area (Å²) < 4.78 is 6.14. The molecule has 0 amide bonds. The Morgan fingerprint density at radius 1 is 1.03 bits per heavy atom. The Kier molecular flexibility index (Phi) is 5.38. The third-order valence-electron chi connectivity index (χ3n) is 6.02. The lowest BCUT2D eigenvalue weighted by Crippen LogP contribution is -2.42. The van der Waals surface area contributed by atoms with Crippen LogP contribution < -0.4 is 4.90 Å². The summed E-state index contributed by atoms with van der Waals surface area (Å²) in [5, 5.41) is 9.97. The highest BCUT2D eigenvalue weighted by Crippen LogP contribution is 2.53. The molecule has 5 heteroatoms. The minimum Gasteiger partial charge on any atom is -0.478 e. The van der Waals surface area contributed by atoms with Crippen molar-refractivity contribution in [1.82, 2.24) is 0 Å². The number of aromatic carboxylic acids is 1. The number of anilines is 2. The van der Waals surface area contributed by atoms with Gasteiger partial charge in [-0.25, -0.2) is 4.79 Å². The van der Waals surface area contributed by atoms with Gasteiger partial charge in [-0.3, -0.25) is 0 Å². The third-order valence-corrected chi connectivity index (χ3v) is 6.35. The van der Waals surface area contributed by atoms with Crippen LogP contribution in [0.25, 0.3) is 11.6 Å². The van der Waals surface area contributed by atoms with Gasteiger partial charge in [-0.1, -0.05) is 35.9 Å². The van der Waals surface area contributed by atoms with E-state index in [1.54, 1.807) is 19.2 Å². The molecule has 31 heavy (non-hydrogen) atoms. The fourth-order valence-corrected chi connectivity index (χ4v) is 4.57. The molecular formula is C26H24ClNO3. The van der Waals surface area contributed by atoms with Crippen LogP contribution in [-0.2, 0) is 4.74 Å². The van der Waals surface area contributed by atoms with Gasteiger partial charge in [-0.2, -0.15) is 0 Å². The number of halogens is 1. The van der Waals surface area contributed by atoms with E-state index in [0.29, 0.717) is 5.02 Å². The number of benzene rings is 3. The Labute approximate surface area is 187 Å². The second-order valence-electron chi connectivity index (χ2n) is 7.87. The van der Waals surface area contributed by atoms with Crippen LogP contribution in [-0.4, -0.2) is 23.9 Å². The SMILES string of the molecule is COC1(C)/C(=C\c2c(C)cccc2Cl)c2c(C)cccc2N1c1ccc(C(=O)O)cc1. The summed E-state index contributed by atoms with van der Waals surface area (Å²) in [4.78, 5) is 13.4. The summed E-state index contributed by atoms with van der Waals surface area (Å²) in [6, 6.07) is 18.9. The van der Waals surface area contributed by atoms with Crippen LogP contribution in [0.2, 0.25) is 5.02 Å². The van der Waals surface area contributed by atoms with Crippen molar-refractivity contribution in [3.05, 3.63) is 93.5 Å². The van der Waals surface area contributed by atoms with Crippen LogP contribution >= 0.6 is 11.6 Å². The summed E-state index contributed by atoms with van der Waals surface area (Å²) in [7, 11) is 1.69. The second kappa shape index (κ2) is 7.88. The van der Waals surface area contributed by atoms with Crippen molar-refractivity contribution < 1.29 is 14.6 Å². The molecular weight excluding hydrogens is 410 g/mol. The molecule has 0 bridgehead atoms. The number of fused-ring (bicyclic) bond motifs is 1. The zero-order chi connectivity index (χ0) is 22.3. The molecule has 1 aliphatic rings. The van der Waals surface area contributed by atoms with Gasteiger partial charge in [0.15, 0.2) is 5.72 Å². The van der Waals surface area contributed by atoms with E-state index in [2.05, 4.69) is 30.0 Å². The number of rotatable bonds is 4. The predicted octanol–water partition coefficient (Wildman–Crippen LogP) is 6.71. The van der Waals surface area contributed by atoms with Crippen LogP contribution in [0.15, 0.2) is 60.7 Å². The van der Waals surface area contributed by atoms with Gasteiger partial charge in [0.05, 0.1) is 11.3 Å². The molecule has 1 N–H and O–H groups in total. The predicted molar refractivity (Wildman–Crippen MR) is 126 cm³/mol. The van der Waals surface area contributed by atoms with Crippen molar-refractivity contribution >= 4 is 40.6 Å². The minimum atomic E-state index is -0.950. The van der Waals surface area contributed by atoms with E-state index in [1.165, 1.54) is 0 Å². The Bertz CT molecular complexity index is 1180. The molecule has 0 fully saturated rings. The lowest BCUT2D eigenvalue weighted by molar-refractivity contribution is 0.0681. The molecule has 0 spiro atoms. The summed E-state index contributed by atoms with van der Waals surface area (Å²) in [5.41, 5.74) is 6.54. The Morgan fingerprint density at radius 2 is 1.68 bits per heavy atom. The highest BCUT2D eigenvalue weighted by atomic mass is 35.5. The van der Waals surface area contributed by atoms with E-state index < -0.39 is 11.7 Å².